The second-order valence-corrected chi connectivity index (χ2v) is 4.61. The Kier molecular flexibility index (Phi) is 2.83. The second-order valence-electron chi connectivity index (χ2n) is 4.61. The van der Waals surface area contributed by atoms with Gasteiger partial charge in [-0.05, 0) is 25.8 Å². The summed E-state index contributed by atoms with van der Waals surface area (Å²) < 4.78 is 16.0. The Hall–Kier alpha value is -1.75. The number of nitrogens with one attached hydrogen (secondary N) is 1. The van der Waals surface area contributed by atoms with Crippen LogP contribution in [0.5, 0.6) is 0 Å². The van der Waals surface area contributed by atoms with Crippen molar-refractivity contribution >= 4 is 0 Å². The van der Waals surface area contributed by atoms with Gasteiger partial charge in [-0.3, -0.25) is 4.57 Å². The fraction of sp³-hybridized carbons (Fsp3) is 0.385. The van der Waals surface area contributed by atoms with Crippen LogP contribution >= 0.6 is 0 Å². The first-order chi connectivity index (χ1) is 8.75. The average molecular weight is 246 g/mol. The predicted octanol–water partition coefficient (Wildman–Crippen LogP) is 1.97. The van der Waals surface area contributed by atoms with E-state index in [4.69, 9.17) is 0 Å². The molecule has 0 amide bonds. The molecule has 1 saturated carbocycles. The van der Waals surface area contributed by atoms with Gasteiger partial charge in [-0.25, -0.2) is 14.4 Å². The Morgan fingerprint density at radius 3 is 2.89 bits per heavy atom. The van der Waals surface area contributed by atoms with E-state index in [1.165, 1.54) is 12.8 Å². The first-order valence-corrected chi connectivity index (χ1v) is 6.13. The molecule has 4 nitrogen and oxygen atoms in total. The highest BCUT2D eigenvalue weighted by Crippen LogP contribution is 2.21. The van der Waals surface area contributed by atoms with Gasteiger partial charge in [0.05, 0.1) is 0 Å². The van der Waals surface area contributed by atoms with Crippen molar-refractivity contribution in [2.75, 3.05) is 0 Å². The van der Waals surface area contributed by atoms with E-state index in [2.05, 4.69) is 15.3 Å². The molecule has 0 bridgehead atoms. The first-order valence-electron chi connectivity index (χ1n) is 6.13. The van der Waals surface area contributed by atoms with E-state index in [0.717, 1.165) is 5.82 Å². The van der Waals surface area contributed by atoms with Crippen molar-refractivity contribution in [3.05, 3.63) is 41.9 Å². The molecule has 1 N–H and O–H groups in total. The fourth-order valence-corrected chi connectivity index (χ4v) is 1.92. The lowest BCUT2D eigenvalue weighted by molar-refractivity contribution is 0.571. The van der Waals surface area contributed by atoms with Gasteiger partial charge >= 0.3 is 0 Å². The molecule has 0 aromatic carbocycles. The van der Waals surface area contributed by atoms with Crippen molar-refractivity contribution in [2.24, 2.45) is 0 Å². The third-order valence-electron chi connectivity index (χ3n) is 3.16. The van der Waals surface area contributed by atoms with Crippen molar-refractivity contribution in [1.82, 2.24) is 19.9 Å². The Morgan fingerprint density at radius 1 is 1.39 bits per heavy atom. The maximum atomic E-state index is 14.3. The predicted molar refractivity (Wildman–Crippen MR) is 65.9 cm³/mol. The Labute approximate surface area is 105 Å². The minimum absolute atomic E-state index is 0.272. The molecule has 2 heterocycles. The summed E-state index contributed by atoms with van der Waals surface area (Å²) >= 11 is 0. The van der Waals surface area contributed by atoms with Crippen LogP contribution in [0.25, 0.3) is 5.82 Å². The Morgan fingerprint density at radius 2 is 2.22 bits per heavy atom. The number of aromatic nitrogens is 3. The third kappa shape index (κ3) is 2.13. The lowest BCUT2D eigenvalue weighted by Crippen LogP contribution is -2.17. The number of pyridine rings is 1. The monoisotopic (exact) mass is 246 g/mol. The molecule has 0 aliphatic heterocycles. The number of nitrogens with zero attached hydrogens (tertiary/aromatic N) is 3. The van der Waals surface area contributed by atoms with Gasteiger partial charge in [-0.15, -0.1) is 0 Å². The van der Waals surface area contributed by atoms with Gasteiger partial charge in [0.2, 0.25) is 0 Å². The van der Waals surface area contributed by atoms with Crippen LogP contribution in [-0.2, 0) is 6.54 Å². The largest absolute Gasteiger partial charge is 0.310 e. The van der Waals surface area contributed by atoms with Crippen molar-refractivity contribution in [1.29, 1.82) is 0 Å². The van der Waals surface area contributed by atoms with E-state index >= 15 is 0 Å². The van der Waals surface area contributed by atoms with Crippen molar-refractivity contribution in [2.45, 2.75) is 32.4 Å². The fourth-order valence-electron chi connectivity index (χ4n) is 1.92. The number of aryl methyl sites for hydroxylation is 1. The van der Waals surface area contributed by atoms with Crippen LogP contribution in [0.2, 0.25) is 0 Å². The summed E-state index contributed by atoms with van der Waals surface area (Å²) in [6, 6.07) is 2.29. The highest BCUT2D eigenvalue weighted by Gasteiger charge is 2.21. The maximum Gasteiger partial charge on any atom is 0.174 e. The maximum absolute atomic E-state index is 14.3. The SMILES string of the molecule is Cc1nccn1-c1nccc(CNC2CC2)c1F. The molecule has 2 aromatic heterocycles. The summed E-state index contributed by atoms with van der Waals surface area (Å²) in [7, 11) is 0. The number of hydrogen-bond acceptors (Lipinski definition) is 3. The molecular formula is C13H15FN4. The quantitative estimate of drug-likeness (QED) is 0.896. The lowest BCUT2D eigenvalue weighted by Gasteiger charge is -2.09. The van der Waals surface area contributed by atoms with Gasteiger partial charge in [-0.2, -0.15) is 0 Å². The number of imidazole rings is 1. The Bertz CT molecular complexity index is 560. The van der Waals surface area contributed by atoms with Crippen LogP contribution in [0.3, 0.4) is 0 Å². The number of hydrogen-bond donors (Lipinski definition) is 1. The summed E-state index contributed by atoms with van der Waals surface area (Å²) in [5.41, 5.74) is 0.653. The third-order valence-corrected chi connectivity index (χ3v) is 3.16. The highest BCUT2D eigenvalue weighted by molar-refractivity contribution is 5.31. The van der Waals surface area contributed by atoms with Gasteiger partial charge < -0.3 is 5.32 Å². The van der Waals surface area contributed by atoms with Crippen LogP contribution in [0, 0.1) is 12.7 Å². The smallest absolute Gasteiger partial charge is 0.174 e. The molecule has 3 rings (SSSR count). The van der Waals surface area contributed by atoms with E-state index in [0.29, 0.717) is 24.0 Å². The molecule has 1 fully saturated rings. The molecule has 0 radical (unpaired) electrons. The van der Waals surface area contributed by atoms with Crippen LogP contribution < -0.4 is 5.32 Å². The summed E-state index contributed by atoms with van der Waals surface area (Å²) in [4.78, 5) is 8.19. The zero-order chi connectivity index (χ0) is 12.5. The zero-order valence-corrected chi connectivity index (χ0v) is 10.2. The summed E-state index contributed by atoms with van der Waals surface area (Å²) in [6.45, 7) is 2.38. The average Bonchev–Trinajstić information content (AvgIpc) is 3.10. The standard InChI is InChI=1S/C13H15FN4/c1-9-15-6-7-18(9)13-12(14)10(4-5-16-13)8-17-11-2-3-11/h4-7,11,17H,2-3,8H2,1H3. The van der Waals surface area contributed by atoms with E-state index in [-0.39, 0.29) is 5.82 Å². The molecule has 0 unspecified atom stereocenters. The lowest BCUT2D eigenvalue weighted by atomic mass is 10.2. The minimum Gasteiger partial charge on any atom is -0.310 e. The topological polar surface area (TPSA) is 42.7 Å². The molecule has 0 atom stereocenters. The summed E-state index contributed by atoms with van der Waals surface area (Å²) in [6.07, 6.45) is 7.40. The Balaban J connectivity index is 1.90. The molecule has 0 spiro atoms. The van der Waals surface area contributed by atoms with Gasteiger partial charge in [0, 0.05) is 36.7 Å². The van der Waals surface area contributed by atoms with E-state index < -0.39 is 0 Å². The van der Waals surface area contributed by atoms with Crippen LogP contribution in [0.1, 0.15) is 24.2 Å². The van der Waals surface area contributed by atoms with Gasteiger partial charge in [0.15, 0.2) is 11.6 Å². The van der Waals surface area contributed by atoms with E-state index in [1.807, 2.05) is 6.92 Å². The summed E-state index contributed by atoms with van der Waals surface area (Å²) in [5, 5.41) is 3.31. The first kappa shape index (κ1) is 11.3. The molecule has 18 heavy (non-hydrogen) atoms. The van der Waals surface area contributed by atoms with E-state index in [1.54, 1.807) is 29.2 Å². The molecule has 2 aromatic rings. The van der Waals surface area contributed by atoms with Gasteiger partial charge in [0.25, 0.3) is 0 Å². The second kappa shape index (κ2) is 4.49. The molecule has 0 saturated heterocycles. The van der Waals surface area contributed by atoms with Gasteiger partial charge in [-0.1, -0.05) is 0 Å². The van der Waals surface area contributed by atoms with Gasteiger partial charge in [0.1, 0.15) is 5.82 Å². The molecular weight excluding hydrogens is 231 g/mol. The van der Waals surface area contributed by atoms with E-state index in [9.17, 15) is 4.39 Å². The van der Waals surface area contributed by atoms with Crippen LogP contribution in [-0.4, -0.2) is 20.6 Å². The van der Waals surface area contributed by atoms with Crippen molar-refractivity contribution < 1.29 is 4.39 Å². The molecule has 1 aliphatic carbocycles. The zero-order valence-electron chi connectivity index (χ0n) is 10.2. The molecule has 5 heteroatoms. The molecule has 94 valence electrons. The number of halogens is 1. The number of rotatable bonds is 4. The highest BCUT2D eigenvalue weighted by atomic mass is 19.1. The normalized spacial score (nSPS) is 15.0. The minimum atomic E-state index is -0.272. The molecule has 1 aliphatic rings. The summed E-state index contributed by atoms with van der Waals surface area (Å²) in [5.74, 6) is 0.778. The van der Waals surface area contributed by atoms with Crippen LogP contribution in [0.4, 0.5) is 4.39 Å². The van der Waals surface area contributed by atoms with Crippen molar-refractivity contribution in [3.63, 3.8) is 0 Å². The van der Waals surface area contributed by atoms with Crippen LogP contribution in [0.15, 0.2) is 24.7 Å². The van der Waals surface area contributed by atoms with Crippen molar-refractivity contribution in [3.8, 4) is 5.82 Å².